The van der Waals surface area contributed by atoms with Crippen molar-refractivity contribution in [2.45, 2.75) is 0 Å². The molecule has 0 bridgehead atoms. The number of hydrogen-bond donors (Lipinski definition) is 0. The molecule has 2 aromatic carbocycles. The zero-order chi connectivity index (χ0) is 14.9. The van der Waals surface area contributed by atoms with Crippen molar-refractivity contribution in [2.75, 3.05) is 0 Å². The molecule has 2 aromatic heterocycles. The van der Waals surface area contributed by atoms with E-state index in [1.165, 1.54) is 16.5 Å². The van der Waals surface area contributed by atoms with E-state index in [4.69, 9.17) is 0 Å². The molecular weight excluding hydrogens is 336 g/mol. The fourth-order valence-electron chi connectivity index (χ4n) is 2.71. The summed E-state index contributed by atoms with van der Waals surface area (Å²) in [7, 11) is 0. The molecule has 0 saturated carbocycles. The van der Waals surface area contributed by atoms with E-state index in [1.807, 2.05) is 18.3 Å². The third-order valence-corrected chi connectivity index (χ3v) is 4.26. The number of rotatable bonds is 2. The molecule has 0 radical (unpaired) electrons. The smallest absolute Gasteiger partial charge is 0.0528 e. The lowest BCUT2D eigenvalue weighted by Gasteiger charge is -2.07. The summed E-state index contributed by atoms with van der Waals surface area (Å²) >= 11 is 3.53. The Balaban J connectivity index is 1.84. The summed E-state index contributed by atoms with van der Waals surface area (Å²) in [6.07, 6.45) is 5.80. The van der Waals surface area contributed by atoms with Gasteiger partial charge in [0.15, 0.2) is 0 Å². The van der Waals surface area contributed by atoms with E-state index in [9.17, 15) is 0 Å². The maximum atomic E-state index is 4.19. The van der Waals surface area contributed by atoms with Crippen molar-refractivity contribution in [1.82, 2.24) is 9.55 Å². The predicted molar refractivity (Wildman–Crippen MR) is 94.2 cm³/mol. The third-order valence-electron chi connectivity index (χ3n) is 3.77. The number of hydrogen-bond acceptors (Lipinski definition) is 1. The van der Waals surface area contributed by atoms with Crippen LogP contribution in [0.1, 0.15) is 0 Å². The molecule has 0 fully saturated rings. The Morgan fingerprint density at radius 3 is 2.64 bits per heavy atom. The molecule has 106 valence electrons. The van der Waals surface area contributed by atoms with Gasteiger partial charge in [-0.1, -0.05) is 34.1 Å². The van der Waals surface area contributed by atoms with Crippen LogP contribution in [0.2, 0.25) is 0 Å². The highest BCUT2D eigenvalue weighted by molar-refractivity contribution is 9.10. The quantitative estimate of drug-likeness (QED) is 0.470. The van der Waals surface area contributed by atoms with E-state index < -0.39 is 0 Å². The highest BCUT2D eigenvalue weighted by Crippen LogP contribution is 2.27. The Hall–Kier alpha value is -2.39. The third kappa shape index (κ3) is 2.34. The second kappa shape index (κ2) is 5.43. The van der Waals surface area contributed by atoms with Gasteiger partial charge in [0, 0.05) is 39.7 Å². The zero-order valence-corrected chi connectivity index (χ0v) is 13.4. The second-order valence-corrected chi connectivity index (χ2v) is 6.10. The van der Waals surface area contributed by atoms with Crippen LogP contribution < -0.4 is 0 Å². The van der Waals surface area contributed by atoms with Gasteiger partial charge >= 0.3 is 0 Å². The summed E-state index contributed by atoms with van der Waals surface area (Å²) in [5.41, 5.74) is 4.68. The van der Waals surface area contributed by atoms with Crippen molar-refractivity contribution in [1.29, 1.82) is 0 Å². The summed E-state index contributed by atoms with van der Waals surface area (Å²) in [6, 6.07) is 21.0. The first-order valence-electron chi connectivity index (χ1n) is 7.09. The molecule has 4 rings (SSSR count). The Bertz CT molecular complexity index is 942. The minimum Gasteiger partial charge on any atom is -0.317 e. The summed E-state index contributed by atoms with van der Waals surface area (Å²) < 4.78 is 3.28. The minimum atomic E-state index is 1.08. The van der Waals surface area contributed by atoms with Gasteiger partial charge in [0.1, 0.15) is 0 Å². The van der Waals surface area contributed by atoms with Crippen LogP contribution >= 0.6 is 15.9 Å². The van der Waals surface area contributed by atoms with Crippen LogP contribution in [-0.2, 0) is 0 Å². The Kier molecular flexibility index (Phi) is 3.28. The van der Waals surface area contributed by atoms with Crippen LogP contribution in [0.4, 0.5) is 0 Å². The van der Waals surface area contributed by atoms with Crippen LogP contribution in [0.25, 0.3) is 27.7 Å². The molecule has 0 N–H and O–H groups in total. The maximum Gasteiger partial charge on any atom is 0.0528 e. The first-order valence-corrected chi connectivity index (χ1v) is 7.88. The molecule has 0 saturated heterocycles. The molecule has 2 nitrogen and oxygen atoms in total. The fourth-order valence-corrected chi connectivity index (χ4v) is 3.09. The SMILES string of the molecule is Brc1cccc(-n2ccc3cc(-c4cccnc4)ccc32)c1. The highest BCUT2D eigenvalue weighted by Gasteiger charge is 2.05. The molecule has 2 heterocycles. The molecule has 0 atom stereocenters. The van der Waals surface area contributed by atoms with E-state index in [0.29, 0.717) is 0 Å². The van der Waals surface area contributed by atoms with Crippen molar-refractivity contribution in [3.63, 3.8) is 0 Å². The van der Waals surface area contributed by atoms with Gasteiger partial charge in [-0.15, -0.1) is 0 Å². The van der Waals surface area contributed by atoms with Crippen LogP contribution in [0.5, 0.6) is 0 Å². The van der Waals surface area contributed by atoms with Crippen LogP contribution in [0.15, 0.2) is 83.7 Å². The number of pyridine rings is 1. The molecule has 22 heavy (non-hydrogen) atoms. The van der Waals surface area contributed by atoms with Crippen molar-refractivity contribution < 1.29 is 0 Å². The standard InChI is InChI=1S/C19H13BrN2/c20-17-4-1-5-18(12-17)22-10-8-15-11-14(6-7-19(15)22)16-3-2-9-21-13-16/h1-13H. The molecular formula is C19H13BrN2. The molecule has 0 aliphatic rings. The van der Waals surface area contributed by atoms with Crippen LogP contribution in [0, 0.1) is 0 Å². The Morgan fingerprint density at radius 1 is 0.864 bits per heavy atom. The zero-order valence-electron chi connectivity index (χ0n) is 11.8. The minimum absolute atomic E-state index is 1.08. The number of nitrogens with zero attached hydrogens (tertiary/aromatic N) is 2. The maximum absolute atomic E-state index is 4.19. The number of aromatic nitrogens is 2. The predicted octanol–water partition coefficient (Wildman–Crippen LogP) is 5.46. The lowest BCUT2D eigenvalue weighted by Crippen LogP contribution is -1.91. The lowest BCUT2D eigenvalue weighted by atomic mass is 10.1. The Morgan fingerprint density at radius 2 is 1.82 bits per heavy atom. The average molecular weight is 349 g/mol. The largest absolute Gasteiger partial charge is 0.317 e. The van der Waals surface area contributed by atoms with E-state index in [0.717, 1.165) is 15.7 Å². The van der Waals surface area contributed by atoms with Gasteiger partial charge in [0.05, 0.1) is 5.52 Å². The van der Waals surface area contributed by atoms with Gasteiger partial charge in [0.25, 0.3) is 0 Å². The molecule has 0 aliphatic carbocycles. The molecule has 0 spiro atoms. The first-order chi connectivity index (χ1) is 10.8. The van der Waals surface area contributed by atoms with Gasteiger partial charge in [-0.05, 0) is 48.0 Å². The summed E-state index contributed by atoms with van der Waals surface area (Å²) in [6.45, 7) is 0. The van der Waals surface area contributed by atoms with Crippen molar-refractivity contribution >= 4 is 26.8 Å². The molecule has 0 aliphatic heterocycles. The number of fused-ring (bicyclic) bond motifs is 1. The summed E-state index contributed by atoms with van der Waals surface area (Å²) in [4.78, 5) is 4.19. The van der Waals surface area contributed by atoms with Gasteiger partial charge in [0.2, 0.25) is 0 Å². The van der Waals surface area contributed by atoms with Gasteiger partial charge < -0.3 is 4.57 Å². The van der Waals surface area contributed by atoms with Crippen molar-refractivity contribution in [2.24, 2.45) is 0 Å². The second-order valence-electron chi connectivity index (χ2n) is 5.18. The summed E-state index contributed by atoms with van der Waals surface area (Å²) in [5.74, 6) is 0. The van der Waals surface area contributed by atoms with Gasteiger partial charge in [-0.2, -0.15) is 0 Å². The number of halogens is 1. The normalized spacial score (nSPS) is 11.0. The Labute approximate surface area is 137 Å². The van der Waals surface area contributed by atoms with Crippen LogP contribution in [-0.4, -0.2) is 9.55 Å². The van der Waals surface area contributed by atoms with E-state index in [1.54, 1.807) is 6.20 Å². The van der Waals surface area contributed by atoms with Gasteiger partial charge in [-0.25, -0.2) is 0 Å². The molecule has 0 amide bonds. The van der Waals surface area contributed by atoms with Gasteiger partial charge in [-0.3, -0.25) is 4.98 Å². The van der Waals surface area contributed by atoms with E-state index in [2.05, 4.69) is 80.2 Å². The van der Waals surface area contributed by atoms with Crippen molar-refractivity contribution in [3.05, 3.63) is 83.7 Å². The molecule has 3 heteroatoms. The molecule has 0 unspecified atom stereocenters. The van der Waals surface area contributed by atoms with Crippen LogP contribution in [0.3, 0.4) is 0 Å². The topological polar surface area (TPSA) is 17.8 Å². The monoisotopic (exact) mass is 348 g/mol. The molecule has 4 aromatic rings. The fraction of sp³-hybridized carbons (Fsp3) is 0. The van der Waals surface area contributed by atoms with Crippen molar-refractivity contribution in [3.8, 4) is 16.8 Å². The van der Waals surface area contributed by atoms with E-state index in [-0.39, 0.29) is 0 Å². The summed E-state index contributed by atoms with van der Waals surface area (Å²) in [5, 5.41) is 1.22. The average Bonchev–Trinajstić information content (AvgIpc) is 2.99. The number of benzene rings is 2. The first kappa shape index (κ1) is 13.3. The lowest BCUT2D eigenvalue weighted by molar-refractivity contribution is 1.13. The highest BCUT2D eigenvalue weighted by atomic mass is 79.9. The van der Waals surface area contributed by atoms with E-state index >= 15 is 0 Å².